The maximum Gasteiger partial charge on any atom is 0.453 e. The van der Waals surface area contributed by atoms with Crippen molar-refractivity contribution in [3.05, 3.63) is 125 Å². The quantitative estimate of drug-likeness (QED) is 0.147. The third-order valence-electron chi connectivity index (χ3n) is 12.0. The molecule has 0 aliphatic rings. The summed E-state index contributed by atoms with van der Waals surface area (Å²) >= 11 is 0. The molecule has 2 heterocycles. The number of methoxy groups -OCH3 is 3. The summed E-state index contributed by atoms with van der Waals surface area (Å²) in [5.41, 5.74) is 7.37. The van der Waals surface area contributed by atoms with Crippen LogP contribution in [0.25, 0.3) is 55.0 Å². The van der Waals surface area contributed by atoms with Crippen molar-refractivity contribution in [3.63, 3.8) is 0 Å². The van der Waals surface area contributed by atoms with E-state index in [-0.39, 0.29) is 10.8 Å². The number of rotatable bonds is 8. The van der Waals surface area contributed by atoms with Crippen LogP contribution in [0, 0.1) is 6.92 Å². The lowest BCUT2D eigenvalue weighted by atomic mass is 9.81. The normalized spacial score (nSPS) is 12.7. The van der Waals surface area contributed by atoms with Gasteiger partial charge in [-0.15, -0.1) is 0 Å². The molecule has 0 fully saturated rings. The number of benzene rings is 6. The summed E-state index contributed by atoms with van der Waals surface area (Å²) in [5.74, 6) is 3.09. The van der Waals surface area contributed by atoms with E-state index in [1.165, 1.54) is 0 Å². The molecule has 0 amide bonds. The van der Waals surface area contributed by atoms with E-state index in [1.807, 2.05) is 78.9 Å². The number of aryl methyl sites for hydroxylation is 1. The van der Waals surface area contributed by atoms with Crippen LogP contribution in [0.5, 0.6) is 28.7 Å². The van der Waals surface area contributed by atoms with Crippen molar-refractivity contribution >= 4 is 60.4 Å². The molecule has 67 heavy (non-hydrogen) atoms. The highest BCUT2D eigenvalue weighted by Gasteiger charge is 2.33. The van der Waals surface area contributed by atoms with Crippen molar-refractivity contribution < 1.29 is 40.0 Å². The molecule has 0 saturated heterocycles. The lowest BCUT2D eigenvalue weighted by molar-refractivity contribution is 0.408. The Morgan fingerprint density at radius 1 is 0.388 bits per heavy atom. The van der Waals surface area contributed by atoms with E-state index < -0.39 is 27.3 Å². The smallest absolute Gasteiger partial charge is 0.453 e. The van der Waals surface area contributed by atoms with Gasteiger partial charge in [0.1, 0.15) is 51.1 Å². The molecule has 0 aliphatic heterocycles. The predicted octanol–water partition coefficient (Wildman–Crippen LogP) is 17.8. The van der Waals surface area contributed by atoms with Crippen LogP contribution in [0.4, 0.5) is 0 Å². The molecule has 0 saturated carbocycles. The van der Waals surface area contributed by atoms with E-state index in [9.17, 15) is 0 Å². The molecule has 0 radical (unpaired) electrons. The van der Waals surface area contributed by atoms with Gasteiger partial charge in [0.25, 0.3) is 0 Å². The zero-order valence-corrected chi connectivity index (χ0v) is 43.6. The van der Waals surface area contributed by atoms with Crippen LogP contribution >= 0.6 is 16.5 Å². The first-order chi connectivity index (χ1) is 31.5. The predicted molar refractivity (Wildman–Crippen MR) is 276 cm³/mol. The second kappa shape index (κ2) is 17.6. The second-order valence-corrected chi connectivity index (χ2v) is 23.3. The Kier molecular flexibility index (Phi) is 12.5. The lowest BCUT2D eigenvalue weighted by Crippen LogP contribution is -2.15. The van der Waals surface area contributed by atoms with E-state index in [4.69, 9.17) is 40.0 Å². The number of para-hydroxylation sites is 2. The SMILES string of the molecule is COc1cc(-c2cc(OC)cc(C(C)(C)C)c2Op2oc3c(C(C)(C)C)cc(C)cc3c3cc(OC)cc(C(C)(C)C)c3o2)c(Op2oc3ccccc3c3ccccc3o2)c(C(C)(C)C)c1. The average Bonchev–Trinajstić information content (AvgIpc) is 3.51. The minimum absolute atomic E-state index is 0.295. The van der Waals surface area contributed by atoms with Crippen molar-refractivity contribution in [1.29, 1.82) is 0 Å². The summed E-state index contributed by atoms with van der Waals surface area (Å²) in [6.45, 7) is 28.2. The highest BCUT2D eigenvalue weighted by molar-refractivity contribution is 7.32. The highest BCUT2D eigenvalue weighted by atomic mass is 31.1. The van der Waals surface area contributed by atoms with Crippen LogP contribution in [0.15, 0.2) is 114 Å². The first-order valence-electron chi connectivity index (χ1n) is 22.7. The number of fused-ring (bicyclic) bond motifs is 6. The summed E-state index contributed by atoms with van der Waals surface area (Å²) in [6.07, 6.45) is 0. The van der Waals surface area contributed by atoms with Crippen molar-refractivity contribution in [2.24, 2.45) is 0 Å². The first kappa shape index (κ1) is 47.6. The van der Waals surface area contributed by atoms with Crippen molar-refractivity contribution in [2.45, 2.75) is 112 Å². The molecule has 352 valence electrons. The van der Waals surface area contributed by atoms with Crippen LogP contribution in [0.3, 0.4) is 0 Å². The van der Waals surface area contributed by atoms with Gasteiger partial charge in [-0.1, -0.05) is 126 Å². The summed E-state index contributed by atoms with van der Waals surface area (Å²) in [5, 5.41) is 3.63. The monoisotopic (exact) mass is 942 g/mol. The Morgan fingerprint density at radius 3 is 1.16 bits per heavy atom. The van der Waals surface area contributed by atoms with Gasteiger partial charge in [0, 0.05) is 54.9 Å². The molecule has 8 rings (SSSR count). The highest BCUT2D eigenvalue weighted by Crippen LogP contribution is 2.54. The maximum atomic E-state index is 7.45. The van der Waals surface area contributed by atoms with Gasteiger partial charge in [-0.25, -0.2) is 0 Å². The third kappa shape index (κ3) is 9.51. The Morgan fingerprint density at radius 2 is 0.746 bits per heavy atom. The zero-order chi connectivity index (χ0) is 48.4. The zero-order valence-electron chi connectivity index (χ0n) is 41.8. The molecule has 0 N–H and O–H groups in total. The molecule has 0 bridgehead atoms. The Balaban J connectivity index is 1.50. The molecule has 9 nitrogen and oxygen atoms in total. The minimum Gasteiger partial charge on any atom is -0.497 e. The molecule has 1 unspecified atom stereocenters. The molecular weight excluding hydrogens is 879 g/mol. The van der Waals surface area contributed by atoms with Crippen LogP contribution in [0.2, 0.25) is 0 Å². The van der Waals surface area contributed by atoms with Gasteiger partial charge in [0.15, 0.2) is 0 Å². The number of hydrogen-bond acceptors (Lipinski definition) is 9. The molecule has 0 aliphatic carbocycles. The summed E-state index contributed by atoms with van der Waals surface area (Å²) in [6, 6.07) is 32.3. The standard InChI is InChI=1S/C56H64O9P2/c1-33-25-39-40-27-34(57-14)30-44(54(5,6)7)50(40)64-67(63-49(39)43(26-33)53(2,3)4)65-52-42(29-36(59-16)32-46(52)56(11,12)13)41-28-35(58-15)31-45(55(8,9)10)51(41)62-66-60-47-23-19-17-21-37(47)38-22-18-20-24-48(38)61-66/h17-32H,1-16H3. The third-order valence-corrected chi connectivity index (χ3v) is 14.0. The second-order valence-electron chi connectivity index (χ2n) is 21.3. The fraction of sp³-hybridized carbons (Fsp3) is 0.357. The van der Waals surface area contributed by atoms with Crippen molar-refractivity contribution in [2.75, 3.05) is 21.3 Å². The van der Waals surface area contributed by atoms with Gasteiger partial charge in [-0.3, -0.25) is 0 Å². The van der Waals surface area contributed by atoms with Gasteiger partial charge in [-0.2, -0.15) is 0 Å². The maximum absolute atomic E-state index is 7.45. The molecule has 11 heteroatoms. The number of ether oxygens (including phenoxy) is 3. The Hall–Kier alpha value is -5.88. The van der Waals surface area contributed by atoms with Crippen molar-refractivity contribution in [1.82, 2.24) is 0 Å². The van der Waals surface area contributed by atoms with Crippen molar-refractivity contribution in [3.8, 4) is 39.9 Å². The van der Waals surface area contributed by atoms with Gasteiger partial charge in [0.05, 0.1) is 21.3 Å². The van der Waals surface area contributed by atoms with Crippen LogP contribution in [-0.2, 0) is 21.7 Å². The van der Waals surface area contributed by atoms with E-state index in [0.29, 0.717) is 56.5 Å². The fourth-order valence-corrected chi connectivity index (χ4v) is 10.7. The minimum atomic E-state index is -2.21. The summed E-state index contributed by atoms with van der Waals surface area (Å²) < 4.78 is 60.6. The molecule has 0 spiro atoms. The van der Waals surface area contributed by atoms with Gasteiger partial charge in [-0.05, 0) is 88.7 Å². The lowest BCUT2D eigenvalue weighted by Gasteiger charge is -2.28. The Bertz CT molecular complexity index is 3200. The van der Waals surface area contributed by atoms with E-state index in [0.717, 1.165) is 55.1 Å². The fourth-order valence-electron chi connectivity index (χ4n) is 8.46. The first-order valence-corrected chi connectivity index (χ1v) is 24.9. The summed E-state index contributed by atoms with van der Waals surface area (Å²) in [7, 11) is 0.771. The van der Waals surface area contributed by atoms with E-state index >= 15 is 0 Å². The Labute approximate surface area is 396 Å². The van der Waals surface area contributed by atoms with Crippen LogP contribution < -0.4 is 23.3 Å². The molecule has 2 aromatic heterocycles. The molecule has 1 atom stereocenters. The van der Waals surface area contributed by atoms with Gasteiger partial charge >= 0.3 is 16.5 Å². The van der Waals surface area contributed by atoms with E-state index in [1.54, 1.807) is 21.3 Å². The average molecular weight is 943 g/mol. The topological polar surface area (TPSA) is 98.7 Å². The van der Waals surface area contributed by atoms with Gasteiger partial charge < -0.3 is 40.0 Å². The molecular formula is C56H64O9P2. The van der Waals surface area contributed by atoms with Gasteiger partial charge in [0.2, 0.25) is 0 Å². The van der Waals surface area contributed by atoms with E-state index in [2.05, 4.69) is 108 Å². The van der Waals surface area contributed by atoms with Crippen LogP contribution in [0.1, 0.15) is 111 Å². The largest absolute Gasteiger partial charge is 0.497 e. The molecule has 6 aromatic carbocycles. The summed E-state index contributed by atoms with van der Waals surface area (Å²) in [4.78, 5) is 0. The number of hydrogen-bond donors (Lipinski definition) is 0. The molecule has 8 aromatic rings. The van der Waals surface area contributed by atoms with Crippen LogP contribution in [-0.4, -0.2) is 21.3 Å².